The summed E-state index contributed by atoms with van der Waals surface area (Å²) in [5.41, 5.74) is 3.95. The smallest absolute Gasteiger partial charge is 0.221 e. The van der Waals surface area contributed by atoms with Crippen LogP contribution in [0.15, 0.2) is 65.2 Å². The summed E-state index contributed by atoms with van der Waals surface area (Å²) < 4.78 is 8.18. The van der Waals surface area contributed by atoms with Crippen LogP contribution in [-0.2, 0) is 11.3 Å². The second-order valence-electron chi connectivity index (χ2n) is 6.77. The summed E-state index contributed by atoms with van der Waals surface area (Å²) in [6, 6.07) is 19.1. The van der Waals surface area contributed by atoms with E-state index in [0.29, 0.717) is 23.6 Å². The van der Waals surface area contributed by atoms with Gasteiger partial charge >= 0.3 is 0 Å². The number of imidazole rings is 1. The number of hydrogen-bond donors (Lipinski definition) is 1. The molecule has 1 aliphatic rings. The average Bonchev–Trinajstić information content (AvgIpc) is 3.32. The maximum atomic E-state index is 12.3. The van der Waals surface area contributed by atoms with Gasteiger partial charge in [0.1, 0.15) is 17.2 Å². The summed E-state index contributed by atoms with van der Waals surface area (Å²) in [6.07, 6.45) is 2.24. The number of carbonyl (C=O) groups excluding carboxylic acids is 1. The normalized spacial score (nSPS) is 16.2. The topological polar surface area (TPSA) is 83.3 Å². The zero-order valence-corrected chi connectivity index (χ0v) is 14.9. The highest BCUT2D eigenvalue weighted by Gasteiger charge is 2.31. The van der Waals surface area contributed by atoms with Crippen molar-refractivity contribution in [2.24, 2.45) is 0 Å². The maximum Gasteiger partial charge on any atom is 0.221 e. The lowest BCUT2D eigenvalue weighted by Gasteiger charge is -2.13. The van der Waals surface area contributed by atoms with E-state index in [1.165, 1.54) is 0 Å². The molecule has 1 N–H and O–H groups in total. The quantitative estimate of drug-likeness (QED) is 0.586. The van der Waals surface area contributed by atoms with E-state index < -0.39 is 0 Å². The number of benzene rings is 1. The summed E-state index contributed by atoms with van der Waals surface area (Å²) in [5.74, 6) is 1.01. The summed E-state index contributed by atoms with van der Waals surface area (Å²) >= 11 is 0. The molecular weight excluding hydrogens is 352 g/mol. The Bertz CT molecular complexity index is 1240. The van der Waals surface area contributed by atoms with Crippen molar-refractivity contribution in [2.45, 2.75) is 18.9 Å². The van der Waals surface area contributed by atoms with Crippen molar-refractivity contribution >= 4 is 11.6 Å². The SMILES string of the molecule is N#Cc1ccccc1-c1ccc([C@H]2CC(=O)NCc3nc4ccccn4c32)o1. The van der Waals surface area contributed by atoms with Crippen LogP contribution in [0.5, 0.6) is 0 Å². The number of rotatable bonds is 2. The number of nitrogens with one attached hydrogen (secondary N) is 1. The Hall–Kier alpha value is -3.85. The first kappa shape index (κ1) is 16.3. The number of fused-ring (bicyclic) bond motifs is 3. The van der Waals surface area contributed by atoms with E-state index in [1.54, 1.807) is 6.07 Å². The Balaban J connectivity index is 1.65. The minimum atomic E-state index is -0.252. The summed E-state index contributed by atoms with van der Waals surface area (Å²) in [6.45, 7) is 0.400. The molecule has 5 rings (SSSR count). The van der Waals surface area contributed by atoms with Crippen LogP contribution in [0.1, 0.15) is 35.1 Å². The van der Waals surface area contributed by atoms with E-state index in [2.05, 4.69) is 16.4 Å². The van der Waals surface area contributed by atoms with E-state index in [4.69, 9.17) is 4.42 Å². The highest BCUT2D eigenvalue weighted by atomic mass is 16.3. The summed E-state index contributed by atoms with van der Waals surface area (Å²) in [4.78, 5) is 17.0. The van der Waals surface area contributed by atoms with Crippen LogP contribution in [-0.4, -0.2) is 15.3 Å². The molecule has 0 bridgehead atoms. The van der Waals surface area contributed by atoms with Gasteiger partial charge < -0.3 is 14.1 Å². The second kappa shape index (κ2) is 6.39. The third-order valence-electron chi connectivity index (χ3n) is 5.10. The van der Waals surface area contributed by atoms with E-state index in [9.17, 15) is 10.1 Å². The van der Waals surface area contributed by atoms with E-state index in [1.807, 2.05) is 59.1 Å². The molecule has 0 radical (unpaired) electrons. The standard InChI is InChI=1S/C22H16N4O2/c23-12-14-5-1-2-6-15(14)18-8-9-19(28-18)16-11-21(27)24-13-17-22(16)26-10-4-3-7-20(26)25-17/h1-10,16H,11,13H2,(H,24,27)/t16-/m1/s1. The van der Waals surface area contributed by atoms with Crippen LogP contribution in [0, 0.1) is 11.3 Å². The Morgan fingerprint density at radius 2 is 2.00 bits per heavy atom. The van der Waals surface area contributed by atoms with Crippen LogP contribution in [0.2, 0.25) is 0 Å². The minimum absolute atomic E-state index is 0.0388. The van der Waals surface area contributed by atoms with Gasteiger partial charge in [-0.05, 0) is 36.4 Å². The molecule has 6 nitrogen and oxygen atoms in total. The Kier molecular flexibility index (Phi) is 3.73. The van der Waals surface area contributed by atoms with Crippen LogP contribution in [0.4, 0.5) is 0 Å². The largest absolute Gasteiger partial charge is 0.460 e. The Morgan fingerprint density at radius 1 is 1.14 bits per heavy atom. The number of nitriles is 1. The maximum absolute atomic E-state index is 12.3. The van der Waals surface area contributed by atoms with E-state index >= 15 is 0 Å². The number of carbonyl (C=O) groups is 1. The lowest BCUT2D eigenvalue weighted by atomic mass is 9.97. The number of aromatic nitrogens is 2. The molecule has 0 aliphatic carbocycles. The van der Waals surface area contributed by atoms with Gasteiger partial charge in [0, 0.05) is 18.2 Å². The van der Waals surface area contributed by atoms with Crippen molar-refractivity contribution in [1.29, 1.82) is 5.26 Å². The molecule has 6 heteroatoms. The predicted molar refractivity (Wildman–Crippen MR) is 102 cm³/mol. The molecule has 0 saturated heterocycles. The molecule has 4 aromatic rings. The Morgan fingerprint density at radius 3 is 2.89 bits per heavy atom. The first-order valence-corrected chi connectivity index (χ1v) is 9.06. The third-order valence-corrected chi connectivity index (χ3v) is 5.10. The summed E-state index contributed by atoms with van der Waals surface area (Å²) in [5, 5.41) is 12.3. The van der Waals surface area contributed by atoms with Gasteiger partial charge in [0.25, 0.3) is 0 Å². The fourth-order valence-electron chi connectivity index (χ4n) is 3.81. The lowest BCUT2D eigenvalue weighted by Crippen LogP contribution is -2.21. The van der Waals surface area contributed by atoms with Crippen molar-refractivity contribution in [3.8, 4) is 17.4 Å². The molecule has 1 aromatic carbocycles. The van der Waals surface area contributed by atoms with Crippen molar-refractivity contribution in [3.05, 3.63) is 83.5 Å². The molecular formula is C22H16N4O2. The third kappa shape index (κ3) is 2.57. The molecule has 1 aliphatic heterocycles. The first-order valence-electron chi connectivity index (χ1n) is 9.06. The van der Waals surface area contributed by atoms with Crippen molar-refractivity contribution in [1.82, 2.24) is 14.7 Å². The number of amides is 1. The fourth-order valence-corrected chi connectivity index (χ4v) is 3.81. The molecule has 0 spiro atoms. The number of hydrogen-bond acceptors (Lipinski definition) is 4. The van der Waals surface area contributed by atoms with E-state index in [0.717, 1.165) is 22.6 Å². The number of nitrogens with zero attached hydrogens (tertiary/aromatic N) is 3. The van der Waals surface area contributed by atoms with Gasteiger partial charge in [0.2, 0.25) is 5.91 Å². The highest BCUT2D eigenvalue weighted by molar-refractivity contribution is 5.78. The molecule has 1 atom stereocenters. The second-order valence-corrected chi connectivity index (χ2v) is 6.77. The zero-order valence-electron chi connectivity index (χ0n) is 14.9. The van der Waals surface area contributed by atoms with Crippen LogP contribution in [0.25, 0.3) is 17.0 Å². The van der Waals surface area contributed by atoms with Gasteiger partial charge in [-0.25, -0.2) is 4.98 Å². The van der Waals surface area contributed by atoms with Gasteiger partial charge in [-0.15, -0.1) is 0 Å². The zero-order chi connectivity index (χ0) is 19.1. The number of furan rings is 1. The molecule has 28 heavy (non-hydrogen) atoms. The lowest BCUT2D eigenvalue weighted by molar-refractivity contribution is -0.121. The van der Waals surface area contributed by atoms with Gasteiger partial charge in [0.05, 0.1) is 35.5 Å². The molecule has 0 unspecified atom stereocenters. The molecule has 4 heterocycles. The Labute approximate surface area is 161 Å². The van der Waals surface area contributed by atoms with Crippen LogP contribution in [0.3, 0.4) is 0 Å². The minimum Gasteiger partial charge on any atom is -0.460 e. The van der Waals surface area contributed by atoms with E-state index in [-0.39, 0.29) is 18.2 Å². The van der Waals surface area contributed by atoms with Crippen molar-refractivity contribution in [2.75, 3.05) is 0 Å². The van der Waals surface area contributed by atoms with Gasteiger partial charge in [-0.2, -0.15) is 5.26 Å². The number of pyridine rings is 1. The van der Waals surface area contributed by atoms with Crippen LogP contribution >= 0.6 is 0 Å². The molecule has 0 fully saturated rings. The highest BCUT2D eigenvalue weighted by Crippen LogP contribution is 2.36. The predicted octanol–water partition coefficient (Wildman–Crippen LogP) is 3.62. The molecule has 1 amide bonds. The van der Waals surface area contributed by atoms with Crippen LogP contribution < -0.4 is 5.32 Å². The van der Waals surface area contributed by atoms with Crippen molar-refractivity contribution < 1.29 is 9.21 Å². The average molecular weight is 368 g/mol. The van der Waals surface area contributed by atoms with Gasteiger partial charge in [-0.3, -0.25) is 4.79 Å². The molecule has 136 valence electrons. The van der Waals surface area contributed by atoms with Gasteiger partial charge in [-0.1, -0.05) is 18.2 Å². The van der Waals surface area contributed by atoms with Gasteiger partial charge in [0.15, 0.2) is 0 Å². The monoisotopic (exact) mass is 368 g/mol. The molecule has 3 aromatic heterocycles. The molecule has 0 saturated carbocycles. The first-order chi connectivity index (χ1) is 13.7. The summed E-state index contributed by atoms with van der Waals surface area (Å²) in [7, 11) is 0. The fraction of sp³-hybridized carbons (Fsp3) is 0.136. The van der Waals surface area contributed by atoms with Crippen molar-refractivity contribution in [3.63, 3.8) is 0 Å².